The van der Waals surface area contributed by atoms with Gasteiger partial charge in [0.15, 0.2) is 0 Å². The Morgan fingerprint density at radius 1 is 1.38 bits per heavy atom. The van der Waals surface area contributed by atoms with E-state index in [4.69, 9.17) is 0 Å². The second-order valence-corrected chi connectivity index (χ2v) is 7.15. The number of piperazine rings is 1. The number of hydrogen-bond acceptors (Lipinski definition) is 5. The second-order valence-electron chi connectivity index (χ2n) is 5.40. The Kier molecular flexibility index (Phi) is 3.58. The van der Waals surface area contributed by atoms with Crippen LogP contribution < -0.4 is 5.32 Å². The molecule has 3 aliphatic heterocycles. The molecule has 0 radical (unpaired) electrons. The van der Waals surface area contributed by atoms with Gasteiger partial charge >= 0.3 is 0 Å². The zero-order valence-corrected chi connectivity index (χ0v) is 12.6. The number of nitrogens with zero attached hydrogens (tertiary/aromatic N) is 3. The van der Waals surface area contributed by atoms with Crippen molar-refractivity contribution in [2.24, 2.45) is 4.40 Å². The van der Waals surface area contributed by atoms with Crippen molar-refractivity contribution in [2.75, 3.05) is 31.9 Å². The maximum absolute atomic E-state index is 12.6. The highest BCUT2D eigenvalue weighted by molar-refractivity contribution is 7.90. The molecule has 0 bridgehead atoms. The summed E-state index contributed by atoms with van der Waals surface area (Å²) in [6, 6.07) is 0.150. The average molecular weight is 310 g/mol. The fraction of sp³-hybridized carbons (Fsp3) is 0.538. The Labute approximate surface area is 124 Å². The summed E-state index contributed by atoms with van der Waals surface area (Å²) in [6.45, 7) is 4.61. The molecule has 1 saturated heterocycles. The van der Waals surface area contributed by atoms with E-state index in [0.29, 0.717) is 24.5 Å². The fourth-order valence-corrected chi connectivity index (χ4v) is 3.61. The summed E-state index contributed by atoms with van der Waals surface area (Å²) >= 11 is 0. The van der Waals surface area contributed by atoms with Gasteiger partial charge in [-0.2, -0.15) is 0 Å². The van der Waals surface area contributed by atoms with Gasteiger partial charge in [0, 0.05) is 38.4 Å². The van der Waals surface area contributed by atoms with Gasteiger partial charge < -0.3 is 15.1 Å². The largest absolute Gasteiger partial charge is 0.333 e. The average Bonchev–Trinajstić information content (AvgIpc) is 2.46. The zero-order valence-electron chi connectivity index (χ0n) is 11.8. The van der Waals surface area contributed by atoms with Crippen LogP contribution in [0.3, 0.4) is 0 Å². The minimum Gasteiger partial charge on any atom is -0.333 e. The fourth-order valence-electron chi connectivity index (χ4n) is 2.64. The molecule has 0 aromatic rings. The smallest absolute Gasteiger partial charge is 0.256 e. The van der Waals surface area contributed by atoms with Crippen molar-refractivity contribution < 1.29 is 13.2 Å². The molecule has 3 rings (SSSR count). The van der Waals surface area contributed by atoms with Gasteiger partial charge in [0.25, 0.3) is 15.9 Å². The number of amides is 1. The number of carbonyl (C=O) groups is 1. The Bertz CT molecular complexity index is 650. The Morgan fingerprint density at radius 3 is 2.95 bits per heavy atom. The molecule has 0 aromatic heterocycles. The molecular formula is C13H18N4O3S. The van der Waals surface area contributed by atoms with Gasteiger partial charge in [0.05, 0.1) is 11.3 Å². The van der Waals surface area contributed by atoms with E-state index in [-0.39, 0.29) is 17.7 Å². The van der Waals surface area contributed by atoms with E-state index in [1.807, 2.05) is 11.8 Å². The Hall–Kier alpha value is -1.67. The Balaban J connectivity index is 1.81. The van der Waals surface area contributed by atoms with Crippen molar-refractivity contribution in [1.82, 2.24) is 15.1 Å². The van der Waals surface area contributed by atoms with Crippen LogP contribution in [-0.4, -0.2) is 67.9 Å². The summed E-state index contributed by atoms with van der Waals surface area (Å²) in [5.41, 5.74) is 0.571. The quantitative estimate of drug-likeness (QED) is 0.693. The van der Waals surface area contributed by atoms with Gasteiger partial charge in [0.2, 0.25) is 0 Å². The second kappa shape index (κ2) is 5.27. The maximum atomic E-state index is 12.6. The number of amidine groups is 1. The van der Waals surface area contributed by atoms with Gasteiger partial charge in [-0.05, 0) is 19.1 Å². The normalized spacial score (nSPS) is 27.8. The number of hydrogen-bond donors (Lipinski definition) is 1. The lowest BCUT2D eigenvalue weighted by atomic mass is 10.1. The highest BCUT2D eigenvalue weighted by Gasteiger charge is 2.29. The van der Waals surface area contributed by atoms with Crippen LogP contribution in [-0.2, 0) is 14.8 Å². The molecule has 1 fully saturated rings. The predicted molar refractivity (Wildman–Crippen MR) is 79.2 cm³/mol. The lowest BCUT2D eigenvalue weighted by Gasteiger charge is -2.35. The third kappa shape index (κ3) is 2.86. The molecule has 8 heteroatoms. The minimum absolute atomic E-state index is 0.0206. The summed E-state index contributed by atoms with van der Waals surface area (Å²) < 4.78 is 26.6. The third-order valence-electron chi connectivity index (χ3n) is 3.83. The third-order valence-corrected chi connectivity index (χ3v) is 5.00. The number of fused-ring (bicyclic) bond motifs is 1. The lowest BCUT2D eigenvalue weighted by Crippen LogP contribution is -2.52. The van der Waals surface area contributed by atoms with Crippen molar-refractivity contribution in [1.29, 1.82) is 0 Å². The molecule has 0 spiro atoms. The predicted octanol–water partition coefficient (Wildman–Crippen LogP) is -0.696. The first kappa shape index (κ1) is 14.3. The van der Waals surface area contributed by atoms with Gasteiger partial charge in [0.1, 0.15) is 5.84 Å². The van der Waals surface area contributed by atoms with Gasteiger partial charge in [-0.1, -0.05) is 0 Å². The Morgan fingerprint density at radius 2 is 2.19 bits per heavy atom. The van der Waals surface area contributed by atoms with E-state index < -0.39 is 10.0 Å². The standard InChI is InChI=1S/C13H18N4O3S/c1-10-8-14-4-5-17(10)13(18)11-2-3-12-15-21(19,20)7-6-16(12)9-11/h2-3,9-10,14H,4-8H2,1H3. The number of sulfonamides is 1. The number of nitrogens with one attached hydrogen (secondary N) is 1. The summed E-state index contributed by atoms with van der Waals surface area (Å²) in [5, 5.41) is 3.25. The van der Waals surface area contributed by atoms with Gasteiger partial charge in [-0.25, -0.2) is 8.42 Å². The van der Waals surface area contributed by atoms with E-state index in [1.165, 1.54) is 0 Å². The zero-order chi connectivity index (χ0) is 15.0. The van der Waals surface area contributed by atoms with Gasteiger partial charge in [-0.15, -0.1) is 4.40 Å². The van der Waals surface area contributed by atoms with Crippen LogP contribution in [0.5, 0.6) is 0 Å². The topological polar surface area (TPSA) is 82.1 Å². The van der Waals surface area contributed by atoms with Crippen molar-refractivity contribution in [3.63, 3.8) is 0 Å². The highest BCUT2D eigenvalue weighted by atomic mass is 32.2. The SMILES string of the molecule is CC1CNCCN1C(=O)C1=CN2CCS(=O)(=O)N=C2C=C1. The monoisotopic (exact) mass is 310 g/mol. The van der Waals surface area contributed by atoms with Crippen LogP contribution in [0, 0.1) is 0 Å². The maximum Gasteiger partial charge on any atom is 0.256 e. The van der Waals surface area contributed by atoms with Crippen LogP contribution in [0.2, 0.25) is 0 Å². The molecule has 3 heterocycles. The molecule has 1 amide bonds. The number of rotatable bonds is 1. The van der Waals surface area contributed by atoms with E-state index >= 15 is 0 Å². The van der Waals surface area contributed by atoms with Crippen LogP contribution in [0.1, 0.15) is 6.92 Å². The van der Waals surface area contributed by atoms with Crippen LogP contribution >= 0.6 is 0 Å². The van der Waals surface area contributed by atoms with Gasteiger partial charge in [-0.3, -0.25) is 4.79 Å². The molecule has 1 unspecified atom stereocenters. The van der Waals surface area contributed by atoms with Crippen LogP contribution in [0.15, 0.2) is 28.3 Å². The van der Waals surface area contributed by atoms with E-state index in [2.05, 4.69) is 9.71 Å². The molecule has 7 nitrogen and oxygen atoms in total. The van der Waals surface area contributed by atoms with Crippen molar-refractivity contribution in [3.05, 3.63) is 23.9 Å². The van der Waals surface area contributed by atoms with Crippen LogP contribution in [0.4, 0.5) is 0 Å². The molecule has 0 saturated carbocycles. The molecule has 1 atom stereocenters. The molecule has 0 aliphatic carbocycles. The molecule has 3 aliphatic rings. The first-order chi connectivity index (χ1) is 9.96. The van der Waals surface area contributed by atoms with Crippen molar-refractivity contribution >= 4 is 21.8 Å². The van der Waals surface area contributed by atoms with Crippen molar-refractivity contribution in [3.8, 4) is 0 Å². The number of carbonyl (C=O) groups excluding carboxylic acids is 1. The summed E-state index contributed by atoms with van der Waals surface area (Å²) in [5.74, 6) is 0.339. The van der Waals surface area contributed by atoms with Crippen molar-refractivity contribution in [2.45, 2.75) is 13.0 Å². The van der Waals surface area contributed by atoms with E-state index in [9.17, 15) is 13.2 Å². The molecule has 1 N–H and O–H groups in total. The van der Waals surface area contributed by atoms with E-state index in [1.54, 1.807) is 23.3 Å². The molecular weight excluding hydrogens is 292 g/mol. The van der Waals surface area contributed by atoms with Crippen LogP contribution in [0.25, 0.3) is 0 Å². The molecule has 0 aromatic carbocycles. The minimum atomic E-state index is -3.36. The lowest BCUT2D eigenvalue weighted by molar-refractivity contribution is -0.129. The molecule has 114 valence electrons. The first-order valence-corrected chi connectivity index (χ1v) is 8.58. The highest BCUT2D eigenvalue weighted by Crippen LogP contribution is 2.18. The molecule has 21 heavy (non-hydrogen) atoms. The summed E-state index contributed by atoms with van der Waals surface area (Å²) in [6.07, 6.45) is 4.94. The van der Waals surface area contributed by atoms with E-state index in [0.717, 1.165) is 13.1 Å². The summed E-state index contributed by atoms with van der Waals surface area (Å²) in [7, 11) is -3.36. The summed E-state index contributed by atoms with van der Waals surface area (Å²) in [4.78, 5) is 16.1. The first-order valence-electron chi connectivity index (χ1n) is 6.97.